The molecular formula is C10H12N2O3. The molecule has 5 heteroatoms. The molecule has 1 aromatic rings. The molecule has 5 nitrogen and oxygen atoms in total. The topological polar surface area (TPSA) is 86.4 Å². The lowest BCUT2D eigenvalue weighted by atomic mass is 10.1. The lowest BCUT2D eigenvalue weighted by Gasteiger charge is -2.14. The summed E-state index contributed by atoms with van der Waals surface area (Å²) >= 11 is 0. The van der Waals surface area contributed by atoms with Gasteiger partial charge in [0.05, 0.1) is 37.6 Å². The van der Waals surface area contributed by atoms with Gasteiger partial charge < -0.3 is 14.9 Å². The summed E-state index contributed by atoms with van der Waals surface area (Å²) in [4.78, 5) is 3.91. The normalized spacial score (nSPS) is 14.0. The zero-order valence-corrected chi connectivity index (χ0v) is 8.29. The Kier molecular flexibility index (Phi) is 4.03. The third kappa shape index (κ3) is 2.91. The van der Waals surface area contributed by atoms with E-state index in [0.29, 0.717) is 11.4 Å². The van der Waals surface area contributed by atoms with E-state index in [-0.39, 0.29) is 6.42 Å². The van der Waals surface area contributed by atoms with Gasteiger partial charge >= 0.3 is 0 Å². The van der Waals surface area contributed by atoms with Crippen molar-refractivity contribution in [2.24, 2.45) is 0 Å². The maximum Gasteiger partial charge on any atom is 0.137 e. The van der Waals surface area contributed by atoms with E-state index in [2.05, 4.69) is 4.98 Å². The monoisotopic (exact) mass is 208 g/mol. The molecular weight excluding hydrogens is 196 g/mol. The van der Waals surface area contributed by atoms with Crippen molar-refractivity contribution in [2.75, 3.05) is 7.11 Å². The Bertz CT molecular complexity index is 345. The fourth-order valence-electron chi connectivity index (χ4n) is 1.09. The van der Waals surface area contributed by atoms with Gasteiger partial charge in [-0.25, -0.2) is 0 Å². The highest BCUT2D eigenvalue weighted by Crippen LogP contribution is 2.18. The van der Waals surface area contributed by atoms with Gasteiger partial charge in [-0.1, -0.05) is 0 Å². The fourth-order valence-corrected chi connectivity index (χ4v) is 1.09. The summed E-state index contributed by atoms with van der Waals surface area (Å²) in [7, 11) is 1.51. The van der Waals surface area contributed by atoms with E-state index >= 15 is 0 Å². The first-order valence-electron chi connectivity index (χ1n) is 4.42. The maximum atomic E-state index is 9.58. The third-order valence-corrected chi connectivity index (χ3v) is 1.96. The first-order chi connectivity index (χ1) is 7.19. The molecule has 80 valence electrons. The van der Waals surface area contributed by atoms with Gasteiger partial charge in [0, 0.05) is 0 Å². The third-order valence-electron chi connectivity index (χ3n) is 1.96. The van der Waals surface area contributed by atoms with Crippen LogP contribution in [-0.2, 0) is 0 Å². The van der Waals surface area contributed by atoms with Crippen LogP contribution in [0.3, 0.4) is 0 Å². The Morgan fingerprint density at radius 1 is 1.53 bits per heavy atom. The summed E-state index contributed by atoms with van der Waals surface area (Å²) in [5, 5.41) is 27.3. The number of ether oxygens (including phenoxy) is 1. The van der Waals surface area contributed by atoms with Crippen LogP contribution in [0.1, 0.15) is 18.2 Å². The summed E-state index contributed by atoms with van der Waals surface area (Å²) < 4.78 is 4.90. The van der Waals surface area contributed by atoms with Crippen LogP contribution in [0, 0.1) is 11.3 Å². The zero-order chi connectivity index (χ0) is 11.3. The summed E-state index contributed by atoms with van der Waals surface area (Å²) in [6.45, 7) is 0. The molecule has 1 aromatic heterocycles. The van der Waals surface area contributed by atoms with Crippen LogP contribution in [-0.4, -0.2) is 28.4 Å². The summed E-state index contributed by atoms with van der Waals surface area (Å²) in [6, 6.07) is 4.95. The number of nitrogens with zero attached hydrogens (tertiary/aromatic N) is 2. The Hall–Kier alpha value is -1.64. The summed E-state index contributed by atoms with van der Waals surface area (Å²) in [6.07, 6.45) is -0.946. The van der Waals surface area contributed by atoms with Crippen LogP contribution in [0.15, 0.2) is 18.3 Å². The molecule has 0 fully saturated rings. The molecule has 15 heavy (non-hydrogen) atoms. The molecule has 1 rings (SSSR count). The van der Waals surface area contributed by atoms with Crippen LogP contribution in [0.5, 0.6) is 5.75 Å². The van der Waals surface area contributed by atoms with Crippen molar-refractivity contribution in [3.63, 3.8) is 0 Å². The molecule has 0 aliphatic heterocycles. The molecule has 2 unspecified atom stereocenters. The predicted molar refractivity (Wildman–Crippen MR) is 52.0 cm³/mol. The van der Waals surface area contributed by atoms with Gasteiger partial charge in [-0.15, -0.1) is 0 Å². The molecule has 0 bridgehead atoms. The van der Waals surface area contributed by atoms with Crippen molar-refractivity contribution in [1.82, 2.24) is 4.98 Å². The Morgan fingerprint density at radius 3 is 2.73 bits per heavy atom. The Balaban J connectivity index is 2.74. The highest BCUT2D eigenvalue weighted by Gasteiger charge is 2.19. The van der Waals surface area contributed by atoms with Gasteiger partial charge in [0.1, 0.15) is 11.9 Å². The minimum Gasteiger partial charge on any atom is -0.495 e. The number of aromatic nitrogens is 1. The fraction of sp³-hybridized carbons (Fsp3) is 0.400. The van der Waals surface area contributed by atoms with Crippen LogP contribution in [0.4, 0.5) is 0 Å². The minimum atomic E-state index is -1.14. The van der Waals surface area contributed by atoms with E-state index in [9.17, 15) is 10.2 Å². The van der Waals surface area contributed by atoms with E-state index in [0.717, 1.165) is 0 Å². The Labute approximate surface area is 87.6 Å². The summed E-state index contributed by atoms with van der Waals surface area (Å²) in [5.41, 5.74) is 0.318. The molecule has 0 spiro atoms. The molecule has 0 aliphatic rings. The number of methoxy groups -OCH3 is 1. The second-order valence-corrected chi connectivity index (χ2v) is 3.00. The van der Waals surface area contributed by atoms with Gasteiger partial charge in [-0.3, -0.25) is 4.98 Å². The predicted octanol–water partition coefficient (Wildman–Crippen LogP) is 0.398. The lowest BCUT2D eigenvalue weighted by molar-refractivity contribution is 0.0190. The Morgan fingerprint density at radius 2 is 2.27 bits per heavy atom. The van der Waals surface area contributed by atoms with E-state index in [1.807, 2.05) is 0 Å². The highest BCUT2D eigenvalue weighted by atomic mass is 16.5. The van der Waals surface area contributed by atoms with E-state index in [4.69, 9.17) is 10.00 Å². The second-order valence-electron chi connectivity index (χ2n) is 3.00. The van der Waals surface area contributed by atoms with Crippen molar-refractivity contribution >= 4 is 0 Å². The van der Waals surface area contributed by atoms with Crippen LogP contribution in [0.25, 0.3) is 0 Å². The van der Waals surface area contributed by atoms with Gasteiger partial charge in [0.25, 0.3) is 0 Å². The molecule has 0 radical (unpaired) electrons. The minimum absolute atomic E-state index is 0.130. The molecule has 1 heterocycles. The lowest BCUT2D eigenvalue weighted by Crippen LogP contribution is -2.18. The van der Waals surface area contributed by atoms with Gasteiger partial charge in [0.2, 0.25) is 0 Å². The number of hydrogen-bond acceptors (Lipinski definition) is 5. The largest absolute Gasteiger partial charge is 0.495 e. The summed E-state index contributed by atoms with van der Waals surface area (Å²) in [5.74, 6) is 0.570. The quantitative estimate of drug-likeness (QED) is 0.747. The number of aliphatic hydroxyl groups is 2. The van der Waals surface area contributed by atoms with Gasteiger partial charge in [-0.05, 0) is 12.1 Å². The SMILES string of the molecule is COc1ccc(C(O)C(O)CC#N)nc1. The highest BCUT2D eigenvalue weighted by molar-refractivity contribution is 5.21. The van der Waals surface area contributed by atoms with Crippen molar-refractivity contribution in [3.8, 4) is 11.8 Å². The van der Waals surface area contributed by atoms with Gasteiger partial charge in [0.15, 0.2) is 0 Å². The second kappa shape index (κ2) is 5.29. The molecule has 0 saturated carbocycles. The molecule has 2 N–H and O–H groups in total. The first kappa shape index (κ1) is 11.4. The number of rotatable bonds is 4. The molecule has 0 aromatic carbocycles. The molecule has 0 saturated heterocycles. The number of aliphatic hydroxyl groups excluding tert-OH is 2. The van der Waals surface area contributed by atoms with E-state index < -0.39 is 12.2 Å². The van der Waals surface area contributed by atoms with E-state index in [1.165, 1.54) is 13.3 Å². The first-order valence-corrected chi connectivity index (χ1v) is 4.42. The van der Waals surface area contributed by atoms with Crippen LogP contribution >= 0.6 is 0 Å². The molecule has 2 atom stereocenters. The maximum absolute atomic E-state index is 9.58. The van der Waals surface area contributed by atoms with E-state index in [1.54, 1.807) is 18.2 Å². The zero-order valence-electron chi connectivity index (χ0n) is 8.29. The average Bonchev–Trinajstić information content (AvgIpc) is 2.28. The number of hydrogen-bond donors (Lipinski definition) is 2. The van der Waals surface area contributed by atoms with Crippen LogP contribution in [0.2, 0.25) is 0 Å². The van der Waals surface area contributed by atoms with Crippen molar-refractivity contribution < 1.29 is 14.9 Å². The molecule has 0 amide bonds. The van der Waals surface area contributed by atoms with Gasteiger partial charge in [-0.2, -0.15) is 5.26 Å². The number of nitriles is 1. The van der Waals surface area contributed by atoms with Crippen molar-refractivity contribution in [2.45, 2.75) is 18.6 Å². The molecule has 0 aliphatic carbocycles. The smallest absolute Gasteiger partial charge is 0.137 e. The van der Waals surface area contributed by atoms with Crippen LogP contribution < -0.4 is 4.74 Å². The number of pyridine rings is 1. The average molecular weight is 208 g/mol. The van der Waals surface area contributed by atoms with Crippen molar-refractivity contribution in [3.05, 3.63) is 24.0 Å². The standard InChI is InChI=1S/C10H12N2O3/c1-15-7-2-3-8(12-6-7)10(14)9(13)4-5-11/h2-3,6,9-10,13-14H,4H2,1H3. The van der Waals surface area contributed by atoms with Crippen molar-refractivity contribution in [1.29, 1.82) is 5.26 Å².